The maximum absolute atomic E-state index is 11.6. The summed E-state index contributed by atoms with van der Waals surface area (Å²) in [6, 6.07) is 10.7. The van der Waals surface area contributed by atoms with E-state index in [9.17, 15) is 4.79 Å². The summed E-state index contributed by atoms with van der Waals surface area (Å²) < 4.78 is 0. The first-order valence-corrected chi connectivity index (χ1v) is 7.00. The van der Waals surface area contributed by atoms with Crippen LogP contribution in [0.2, 0.25) is 0 Å². The molecule has 2 atom stereocenters. The minimum absolute atomic E-state index is 0.400. The molecule has 1 fully saturated rings. The van der Waals surface area contributed by atoms with Gasteiger partial charge in [0.2, 0.25) is 0 Å². The number of Topliss-reactive ketones (excluding diaryl/α,β-unsaturated/α-hetero) is 1. The Hall–Kier alpha value is -1.31. The van der Waals surface area contributed by atoms with Gasteiger partial charge in [-0.1, -0.05) is 32.0 Å². The van der Waals surface area contributed by atoms with E-state index in [0.717, 1.165) is 24.9 Å². The second-order valence-corrected chi connectivity index (χ2v) is 5.68. The number of anilines is 1. The van der Waals surface area contributed by atoms with Crippen LogP contribution in [-0.4, -0.2) is 11.8 Å². The van der Waals surface area contributed by atoms with E-state index in [1.165, 1.54) is 6.42 Å². The zero-order valence-corrected chi connectivity index (χ0v) is 11.4. The molecule has 2 rings (SSSR count). The van der Waals surface area contributed by atoms with E-state index < -0.39 is 0 Å². The molecule has 1 N–H and O–H groups in total. The van der Waals surface area contributed by atoms with Crippen LogP contribution in [0.1, 0.15) is 39.5 Å². The Bertz CT molecular complexity index is 385. The summed E-state index contributed by atoms with van der Waals surface area (Å²) in [5.41, 5.74) is 1.16. The Morgan fingerprint density at radius 3 is 2.56 bits per heavy atom. The van der Waals surface area contributed by atoms with Crippen molar-refractivity contribution in [3.63, 3.8) is 0 Å². The van der Waals surface area contributed by atoms with Gasteiger partial charge >= 0.3 is 0 Å². The highest BCUT2D eigenvalue weighted by Crippen LogP contribution is 2.29. The fourth-order valence-electron chi connectivity index (χ4n) is 2.92. The second kappa shape index (κ2) is 6.03. The van der Waals surface area contributed by atoms with Crippen molar-refractivity contribution in [2.45, 2.75) is 45.6 Å². The van der Waals surface area contributed by atoms with Crippen molar-refractivity contribution in [3.05, 3.63) is 30.3 Å². The molecule has 2 nitrogen and oxygen atoms in total. The fourth-order valence-corrected chi connectivity index (χ4v) is 2.92. The summed E-state index contributed by atoms with van der Waals surface area (Å²) in [5, 5.41) is 3.62. The minimum Gasteiger partial charge on any atom is -0.382 e. The predicted octanol–water partition coefficient (Wildman–Crippen LogP) is 3.88. The lowest BCUT2D eigenvalue weighted by Gasteiger charge is -2.33. The SMILES string of the molecule is CC(C)C(Nc1ccccc1)C1CCCC(=O)C1. The molecule has 0 aliphatic heterocycles. The Labute approximate surface area is 110 Å². The van der Waals surface area contributed by atoms with E-state index in [1.807, 2.05) is 18.2 Å². The summed E-state index contributed by atoms with van der Waals surface area (Å²) in [5.74, 6) is 1.47. The second-order valence-electron chi connectivity index (χ2n) is 5.68. The van der Waals surface area contributed by atoms with Crippen LogP contribution in [-0.2, 0) is 4.79 Å². The number of ketones is 1. The van der Waals surface area contributed by atoms with Crippen molar-refractivity contribution in [2.24, 2.45) is 11.8 Å². The van der Waals surface area contributed by atoms with Gasteiger partial charge in [0.25, 0.3) is 0 Å². The van der Waals surface area contributed by atoms with E-state index in [0.29, 0.717) is 23.7 Å². The number of carbonyl (C=O) groups is 1. The fraction of sp³-hybridized carbons (Fsp3) is 0.562. The predicted molar refractivity (Wildman–Crippen MR) is 75.7 cm³/mol. The van der Waals surface area contributed by atoms with E-state index in [2.05, 4.69) is 31.3 Å². The molecule has 1 aromatic carbocycles. The Balaban J connectivity index is 2.06. The quantitative estimate of drug-likeness (QED) is 0.872. The highest BCUT2D eigenvalue weighted by Gasteiger charge is 2.29. The molecule has 0 aromatic heterocycles. The third-order valence-corrected chi connectivity index (χ3v) is 3.85. The van der Waals surface area contributed by atoms with E-state index in [1.54, 1.807) is 0 Å². The number of nitrogens with one attached hydrogen (secondary N) is 1. The van der Waals surface area contributed by atoms with Gasteiger partial charge in [0.15, 0.2) is 0 Å². The van der Waals surface area contributed by atoms with Crippen molar-refractivity contribution >= 4 is 11.5 Å². The van der Waals surface area contributed by atoms with Crippen LogP contribution in [0, 0.1) is 11.8 Å². The molecule has 0 spiro atoms. The summed E-state index contributed by atoms with van der Waals surface area (Å²) in [6.07, 6.45) is 3.77. The minimum atomic E-state index is 0.400. The summed E-state index contributed by atoms with van der Waals surface area (Å²) in [7, 11) is 0. The molecule has 0 radical (unpaired) electrons. The van der Waals surface area contributed by atoms with Crippen LogP contribution >= 0.6 is 0 Å². The average molecular weight is 245 g/mol. The van der Waals surface area contributed by atoms with Gasteiger partial charge < -0.3 is 5.32 Å². The standard InChI is InChI=1S/C16H23NO/c1-12(2)16(13-7-6-10-15(18)11-13)17-14-8-4-3-5-9-14/h3-5,8-9,12-13,16-17H,6-7,10-11H2,1-2H3. The molecular formula is C16H23NO. The van der Waals surface area contributed by atoms with E-state index >= 15 is 0 Å². The molecule has 98 valence electrons. The Morgan fingerprint density at radius 1 is 1.22 bits per heavy atom. The van der Waals surface area contributed by atoms with Gasteiger partial charge in [-0.25, -0.2) is 0 Å². The highest BCUT2D eigenvalue weighted by atomic mass is 16.1. The normalized spacial score (nSPS) is 21.9. The maximum Gasteiger partial charge on any atom is 0.133 e. The van der Waals surface area contributed by atoms with Crippen molar-refractivity contribution in [3.8, 4) is 0 Å². The van der Waals surface area contributed by atoms with Gasteiger partial charge in [0, 0.05) is 24.6 Å². The molecule has 1 aliphatic carbocycles. The molecule has 0 saturated heterocycles. The van der Waals surface area contributed by atoms with Crippen molar-refractivity contribution in [1.82, 2.24) is 0 Å². The highest BCUT2D eigenvalue weighted by molar-refractivity contribution is 5.79. The third-order valence-electron chi connectivity index (χ3n) is 3.85. The van der Waals surface area contributed by atoms with Crippen LogP contribution in [0.25, 0.3) is 0 Å². The van der Waals surface area contributed by atoms with Crippen molar-refractivity contribution < 1.29 is 4.79 Å². The van der Waals surface area contributed by atoms with Gasteiger partial charge in [-0.05, 0) is 36.8 Å². The zero-order chi connectivity index (χ0) is 13.0. The first-order chi connectivity index (χ1) is 8.66. The van der Waals surface area contributed by atoms with Gasteiger partial charge in [0.05, 0.1) is 0 Å². The molecule has 0 amide bonds. The zero-order valence-electron chi connectivity index (χ0n) is 11.4. The van der Waals surface area contributed by atoms with E-state index in [-0.39, 0.29) is 0 Å². The summed E-state index contributed by atoms with van der Waals surface area (Å²) >= 11 is 0. The van der Waals surface area contributed by atoms with Crippen molar-refractivity contribution in [1.29, 1.82) is 0 Å². The third kappa shape index (κ3) is 3.34. The number of para-hydroxylation sites is 1. The molecule has 18 heavy (non-hydrogen) atoms. The molecule has 2 unspecified atom stereocenters. The number of carbonyl (C=O) groups excluding carboxylic acids is 1. The van der Waals surface area contributed by atoms with Gasteiger partial charge in [-0.3, -0.25) is 4.79 Å². The van der Waals surface area contributed by atoms with Gasteiger partial charge in [-0.15, -0.1) is 0 Å². The molecule has 1 saturated carbocycles. The van der Waals surface area contributed by atoms with Crippen LogP contribution in [0.5, 0.6) is 0 Å². The van der Waals surface area contributed by atoms with Crippen LogP contribution in [0.15, 0.2) is 30.3 Å². The first-order valence-electron chi connectivity index (χ1n) is 7.00. The summed E-state index contributed by atoms with van der Waals surface area (Å²) in [6.45, 7) is 4.47. The lowest BCUT2D eigenvalue weighted by atomic mass is 9.79. The van der Waals surface area contributed by atoms with Crippen LogP contribution in [0.3, 0.4) is 0 Å². The van der Waals surface area contributed by atoms with Gasteiger partial charge in [0.1, 0.15) is 5.78 Å². The van der Waals surface area contributed by atoms with Crippen molar-refractivity contribution in [2.75, 3.05) is 5.32 Å². The van der Waals surface area contributed by atoms with Gasteiger partial charge in [-0.2, -0.15) is 0 Å². The largest absolute Gasteiger partial charge is 0.382 e. The smallest absolute Gasteiger partial charge is 0.133 e. The lowest BCUT2D eigenvalue weighted by molar-refractivity contribution is -0.121. The van der Waals surface area contributed by atoms with Crippen LogP contribution in [0.4, 0.5) is 5.69 Å². The molecule has 1 aromatic rings. The molecule has 0 bridgehead atoms. The number of hydrogen-bond donors (Lipinski definition) is 1. The monoisotopic (exact) mass is 245 g/mol. The Morgan fingerprint density at radius 2 is 1.94 bits per heavy atom. The number of hydrogen-bond acceptors (Lipinski definition) is 2. The maximum atomic E-state index is 11.6. The molecule has 0 heterocycles. The lowest BCUT2D eigenvalue weighted by Crippen LogP contribution is -2.37. The summed E-state index contributed by atoms with van der Waals surface area (Å²) in [4.78, 5) is 11.6. The van der Waals surface area contributed by atoms with Crippen LogP contribution < -0.4 is 5.32 Å². The Kier molecular flexibility index (Phi) is 4.40. The van der Waals surface area contributed by atoms with E-state index in [4.69, 9.17) is 0 Å². The number of rotatable bonds is 4. The molecular weight excluding hydrogens is 222 g/mol. The topological polar surface area (TPSA) is 29.1 Å². The first kappa shape index (κ1) is 13.1. The molecule has 1 aliphatic rings. The number of benzene rings is 1. The molecule has 2 heteroatoms. The average Bonchev–Trinajstić information content (AvgIpc) is 2.37.